The maximum atomic E-state index is 13.7. The number of allylic oxidation sites excluding steroid dienone is 1. The number of fused-ring (bicyclic) bond motifs is 1. The van der Waals surface area contributed by atoms with Crippen LogP contribution in [0.2, 0.25) is 0 Å². The lowest BCUT2D eigenvalue weighted by molar-refractivity contribution is -0.141. The van der Waals surface area contributed by atoms with Crippen LogP contribution < -0.4 is 9.62 Å². The van der Waals surface area contributed by atoms with E-state index >= 15 is 0 Å². The second kappa shape index (κ2) is 18.3. The number of hydrogen-bond acceptors (Lipinski definition) is 11. The fourth-order valence-corrected chi connectivity index (χ4v) is 6.69. The summed E-state index contributed by atoms with van der Waals surface area (Å²) < 4.78 is 69.0. The van der Waals surface area contributed by atoms with Crippen LogP contribution in [0, 0.1) is 5.82 Å². The van der Waals surface area contributed by atoms with E-state index in [2.05, 4.69) is 10.1 Å². The monoisotopic (exact) mass is 766 g/mol. The number of hydrogen-bond donors (Lipinski definition) is 2. The minimum Gasteiger partial charge on any atom is -0.502 e. The SMILES string of the molecule is CCOC(=O)/C(O)=C/C(=O)c1cccc(COCCOCCOCCN(c2cc3oc(-c4ccc(F)cc4)c(C(=O)NC)c3cc2C2CC2)S(C)(=O)=O)c1. The molecule has 1 aliphatic rings. The minimum atomic E-state index is -3.75. The maximum Gasteiger partial charge on any atom is 0.373 e. The molecule has 4 aromatic rings. The second-order valence-corrected chi connectivity index (χ2v) is 14.4. The predicted octanol–water partition coefficient (Wildman–Crippen LogP) is 5.68. The molecular formula is C39H43FN2O11S. The standard InChI is InChI=1S/C39H43FN2O11S/c1-4-52-39(46)34(44)23-33(43)28-7-5-6-25(20-28)24-51-19-18-50-17-16-49-15-14-42(54(3,47)48)32-22-35-31(21-30(32)26-8-9-26)36(38(45)41-2)37(53-35)27-10-12-29(40)13-11-27/h5-7,10-13,20-23,26,44H,4,8-9,14-19,24H2,1-3H3,(H,41,45)/b34-23-. The molecular weight excluding hydrogens is 723 g/mol. The Morgan fingerprint density at radius 1 is 0.981 bits per heavy atom. The third kappa shape index (κ3) is 10.3. The fourth-order valence-electron chi connectivity index (χ4n) is 5.77. The van der Waals surface area contributed by atoms with Gasteiger partial charge in [-0.05, 0) is 73.2 Å². The molecule has 0 atom stereocenters. The van der Waals surface area contributed by atoms with Crippen molar-refractivity contribution in [1.82, 2.24) is 5.32 Å². The number of ether oxygens (including phenoxy) is 4. The Hall–Kier alpha value is -5.09. The average molecular weight is 767 g/mol. The van der Waals surface area contributed by atoms with Crippen LogP contribution in [0.5, 0.6) is 0 Å². The molecule has 0 bridgehead atoms. The lowest BCUT2D eigenvalue weighted by Crippen LogP contribution is -2.34. The summed E-state index contributed by atoms with van der Waals surface area (Å²) in [5, 5.41) is 12.9. The van der Waals surface area contributed by atoms with Crippen molar-refractivity contribution in [3.05, 3.63) is 101 Å². The molecule has 5 rings (SSSR count). The third-order valence-corrected chi connectivity index (χ3v) is 9.68. The molecule has 0 aliphatic heterocycles. The number of rotatable bonds is 20. The molecule has 13 nitrogen and oxygen atoms in total. The summed E-state index contributed by atoms with van der Waals surface area (Å²) >= 11 is 0. The van der Waals surface area contributed by atoms with Crippen LogP contribution in [-0.4, -0.2) is 90.7 Å². The molecule has 15 heteroatoms. The van der Waals surface area contributed by atoms with Crippen LogP contribution in [0.15, 0.2) is 76.9 Å². The Morgan fingerprint density at radius 3 is 2.31 bits per heavy atom. The number of ketones is 1. The van der Waals surface area contributed by atoms with Crippen molar-refractivity contribution in [3.8, 4) is 11.3 Å². The number of halogens is 1. The van der Waals surface area contributed by atoms with Gasteiger partial charge in [-0.3, -0.25) is 13.9 Å². The van der Waals surface area contributed by atoms with E-state index in [1.165, 1.54) is 35.6 Å². The number of sulfonamides is 1. The number of aliphatic hydroxyl groups excluding tert-OH is 1. The summed E-state index contributed by atoms with van der Waals surface area (Å²) in [5.74, 6) is -2.74. The highest BCUT2D eigenvalue weighted by Crippen LogP contribution is 2.48. The number of amides is 1. The van der Waals surface area contributed by atoms with Crippen molar-refractivity contribution >= 4 is 44.3 Å². The Balaban J connectivity index is 1.13. The summed E-state index contributed by atoms with van der Waals surface area (Å²) in [6.07, 6.45) is 3.69. The first-order valence-electron chi connectivity index (χ1n) is 17.4. The van der Waals surface area contributed by atoms with Crippen LogP contribution in [-0.2, 0) is 40.4 Å². The molecule has 288 valence electrons. The highest BCUT2D eigenvalue weighted by molar-refractivity contribution is 7.92. The van der Waals surface area contributed by atoms with Crippen LogP contribution in [0.25, 0.3) is 22.3 Å². The summed E-state index contributed by atoms with van der Waals surface area (Å²) in [7, 11) is -2.24. The number of benzene rings is 3. The first kappa shape index (κ1) is 40.1. The number of furan rings is 1. The normalized spacial score (nSPS) is 13.2. The zero-order valence-corrected chi connectivity index (χ0v) is 31.1. The van der Waals surface area contributed by atoms with Crippen molar-refractivity contribution in [2.75, 3.05) is 63.8 Å². The molecule has 0 unspecified atom stereocenters. The van der Waals surface area contributed by atoms with E-state index in [1.807, 2.05) is 6.07 Å². The topological polar surface area (TPSA) is 171 Å². The van der Waals surface area contributed by atoms with Crippen molar-refractivity contribution in [3.63, 3.8) is 0 Å². The zero-order chi connectivity index (χ0) is 38.8. The second-order valence-electron chi connectivity index (χ2n) is 12.5. The smallest absolute Gasteiger partial charge is 0.373 e. The van der Waals surface area contributed by atoms with E-state index in [0.717, 1.165) is 30.7 Å². The largest absolute Gasteiger partial charge is 0.502 e. The molecule has 1 saturated carbocycles. The molecule has 0 saturated heterocycles. The summed E-state index contributed by atoms with van der Waals surface area (Å²) in [4.78, 5) is 37.0. The van der Waals surface area contributed by atoms with Crippen molar-refractivity contribution in [1.29, 1.82) is 0 Å². The van der Waals surface area contributed by atoms with Gasteiger partial charge in [-0.15, -0.1) is 0 Å². The van der Waals surface area contributed by atoms with Gasteiger partial charge in [0, 0.05) is 35.7 Å². The van der Waals surface area contributed by atoms with Crippen LogP contribution in [0.4, 0.5) is 10.1 Å². The van der Waals surface area contributed by atoms with Gasteiger partial charge in [-0.25, -0.2) is 17.6 Å². The quantitative estimate of drug-likeness (QED) is 0.0373. The molecule has 1 aromatic heterocycles. The van der Waals surface area contributed by atoms with E-state index in [-0.39, 0.29) is 81.5 Å². The molecule has 0 radical (unpaired) electrons. The number of nitrogens with one attached hydrogen (secondary N) is 1. The Morgan fingerprint density at radius 2 is 1.67 bits per heavy atom. The molecule has 1 amide bonds. The number of aliphatic hydroxyl groups is 1. The van der Waals surface area contributed by atoms with Gasteiger partial charge in [0.2, 0.25) is 15.8 Å². The van der Waals surface area contributed by atoms with Crippen LogP contribution >= 0.6 is 0 Å². The molecule has 0 spiro atoms. The lowest BCUT2D eigenvalue weighted by Gasteiger charge is -2.25. The number of nitrogens with zero attached hydrogens (tertiary/aromatic N) is 1. The molecule has 54 heavy (non-hydrogen) atoms. The van der Waals surface area contributed by atoms with Crippen molar-refractivity contribution in [2.45, 2.75) is 32.3 Å². The highest BCUT2D eigenvalue weighted by atomic mass is 32.2. The van der Waals surface area contributed by atoms with E-state index < -0.39 is 33.4 Å². The maximum absolute atomic E-state index is 13.7. The third-order valence-electron chi connectivity index (χ3n) is 8.50. The zero-order valence-electron chi connectivity index (χ0n) is 30.3. The van der Waals surface area contributed by atoms with Gasteiger partial charge in [-0.2, -0.15) is 0 Å². The van der Waals surface area contributed by atoms with Gasteiger partial charge < -0.3 is 33.8 Å². The fraction of sp³-hybridized carbons (Fsp3) is 0.359. The predicted molar refractivity (Wildman–Crippen MR) is 199 cm³/mol. The lowest BCUT2D eigenvalue weighted by atomic mass is 10.0. The van der Waals surface area contributed by atoms with Gasteiger partial charge >= 0.3 is 5.97 Å². The van der Waals surface area contributed by atoms with Crippen molar-refractivity contribution in [2.24, 2.45) is 0 Å². The summed E-state index contributed by atoms with van der Waals surface area (Å²) in [6.45, 7) is 2.93. The Labute approximate surface area is 312 Å². The molecule has 1 fully saturated rings. The number of carbonyl (C=O) groups excluding carboxylic acids is 3. The Bertz CT molecular complexity index is 2110. The highest BCUT2D eigenvalue weighted by Gasteiger charge is 2.33. The first-order chi connectivity index (χ1) is 25.9. The van der Waals surface area contributed by atoms with E-state index in [4.69, 9.17) is 18.6 Å². The molecule has 1 aliphatic carbocycles. The van der Waals surface area contributed by atoms with Gasteiger partial charge in [0.15, 0.2) is 5.78 Å². The average Bonchev–Trinajstić information content (AvgIpc) is 3.93. The van der Waals surface area contributed by atoms with Crippen LogP contribution in [0.1, 0.15) is 57.5 Å². The van der Waals surface area contributed by atoms with Gasteiger partial charge in [0.05, 0.1) is 70.3 Å². The van der Waals surface area contributed by atoms with E-state index in [9.17, 15) is 32.3 Å². The minimum absolute atomic E-state index is 0.0286. The van der Waals surface area contributed by atoms with Crippen molar-refractivity contribution < 1.29 is 55.7 Å². The van der Waals surface area contributed by atoms with Gasteiger partial charge in [-0.1, -0.05) is 18.2 Å². The first-order valence-corrected chi connectivity index (χ1v) is 19.3. The van der Waals surface area contributed by atoms with Gasteiger partial charge in [0.25, 0.3) is 5.91 Å². The van der Waals surface area contributed by atoms with Gasteiger partial charge in [0.1, 0.15) is 17.2 Å². The van der Waals surface area contributed by atoms with E-state index in [0.29, 0.717) is 27.8 Å². The molecule has 3 aromatic carbocycles. The molecule has 1 heterocycles. The van der Waals surface area contributed by atoms with Crippen LogP contribution in [0.3, 0.4) is 0 Å². The summed E-state index contributed by atoms with van der Waals surface area (Å²) in [5.41, 5.74) is 3.33. The number of anilines is 1. The molecule has 2 N–H and O–H groups in total. The van der Waals surface area contributed by atoms with E-state index in [1.54, 1.807) is 37.3 Å². The summed E-state index contributed by atoms with van der Waals surface area (Å²) in [6, 6.07) is 15.7. The number of carbonyl (C=O) groups is 3. The Kier molecular flexibility index (Phi) is 13.6. The number of esters is 1.